The normalized spacial score (nSPS) is 20.1. The molecular formula is C19H26FN3O2. The van der Waals surface area contributed by atoms with Gasteiger partial charge in [0.1, 0.15) is 5.82 Å². The molecule has 1 saturated heterocycles. The third kappa shape index (κ3) is 4.78. The monoisotopic (exact) mass is 347 g/mol. The number of rotatable bonds is 6. The summed E-state index contributed by atoms with van der Waals surface area (Å²) in [5, 5.41) is 6.06. The first kappa shape index (κ1) is 17.9. The molecule has 0 bridgehead atoms. The van der Waals surface area contributed by atoms with Crippen LogP contribution >= 0.6 is 0 Å². The van der Waals surface area contributed by atoms with E-state index in [1.807, 2.05) is 0 Å². The molecule has 2 fully saturated rings. The van der Waals surface area contributed by atoms with Gasteiger partial charge in [-0.15, -0.1) is 0 Å². The largest absolute Gasteiger partial charge is 0.355 e. The summed E-state index contributed by atoms with van der Waals surface area (Å²) in [7, 11) is 0. The van der Waals surface area contributed by atoms with Crippen molar-refractivity contribution < 1.29 is 14.0 Å². The fourth-order valence-electron chi connectivity index (χ4n) is 3.52. The molecule has 5 nitrogen and oxygen atoms in total. The molecule has 136 valence electrons. The molecule has 0 unspecified atom stereocenters. The molecule has 0 spiro atoms. The Bertz CT molecular complexity index is 620. The van der Waals surface area contributed by atoms with Gasteiger partial charge in [0.05, 0.1) is 12.1 Å². The number of carbonyl (C=O) groups excluding carboxylic acids is 2. The van der Waals surface area contributed by atoms with E-state index in [1.54, 1.807) is 12.1 Å². The van der Waals surface area contributed by atoms with E-state index in [-0.39, 0.29) is 17.6 Å². The summed E-state index contributed by atoms with van der Waals surface area (Å²) in [4.78, 5) is 25.9. The number of amides is 2. The Morgan fingerprint density at radius 1 is 1.20 bits per heavy atom. The quantitative estimate of drug-likeness (QED) is 0.825. The molecule has 0 aromatic heterocycles. The number of halogens is 1. The van der Waals surface area contributed by atoms with Crippen LogP contribution in [0.5, 0.6) is 0 Å². The van der Waals surface area contributed by atoms with Crippen LogP contribution in [0.3, 0.4) is 0 Å². The minimum absolute atomic E-state index is 0.0701. The first-order valence-electron chi connectivity index (χ1n) is 9.01. The molecule has 25 heavy (non-hydrogen) atoms. The molecule has 1 aromatic carbocycles. The first-order valence-corrected chi connectivity index (χ1v) is 9.01. The van der Waals surface area contributed by atoms with E-state index in [1.165, 1.54) is 31.9 Å². The average molecular weight is 347 g/mol. The predicted molar refractivity (Wildman–Crippen MR) is 93.3 cm³/mol. The second-order valence-electron chi connectivity index (χ2n) is 7.29. The van der Waals surface area contributed by atoms with E-state index in [0.29, 0.717) is 38.4 Å². The summed E-state index contributed by atoms with van der Waals surface area (Å²) in [5.41, 5.74) is 0.433. The maximum atomic E-state index is 13.2. The molecular weight excluding hydrogens is 321 g/mol. The highest BCUT2D eigenvalue weighted by Gasteiger charge is 2.37. The standard InChI is InChI=1S/C19H26FN3O2/c1-14(24)22-19(16-4-6-17(20)7-5-16)8-10-23(11-9-19)13-18(25)21-12-15-2-3-15/h4-7,15H,2-3,8-13H2,1H3,(H,21,25)(H,22,24). The van der Waals surface area contributed by atoms with Crippen molar-refractivity contribution in [2.45, 2.75) is 38.1 Å². The topological polar surface area (TPSA) is 61.4 Å². The van der Waals surface area contributed by atoms with Crippen molar-refractivity contribution in [3.63, 3.8) is 0 Å². The number of likely N-dealkylation sites (tertiary alicyclic amines) is 1. The van der Waals surface area contributed by atoms with E-state index >= 15 is 0 Å². The molecule has 0 radical (unpaired) electrons. The van der Waals surface area contributed by atoms with Crippen molar-refractivity contribution in [3.05, 3.63) is 35.6 Å². The molecule has 2 amide bonds. The maximum Gasteiger partial charge on any atom is 0.234 e. The zero-order valence-corrected chi connectivity index (χ0v) is 14.7. The highest BCUT2D eigenvalue weighted by atomic mass is 19.1. The first-order chi connectivity index (χ1) is 12.0. The van der Waals surface area contributed by atoms with Crippen molar-refractivity contribution in [1.29, 1.82) is 0 Å². The maximum absolute atomic E-state index is 13.2. The van der Waals surface area contributed by atoms with Gasteiger partial charge in [0.2, 0.25) is 11.8 Å². The Kier molecular flexibility index (Phi) is 5.37. The second-order valence-corrected chi connectivity index (χ2v) is 7.29. The van der Waals surface area contributed by atoms with E-state index < -0.39 is 5.54 Å². The van der Waals surface area contributed by atoms with Crippen LogP contribution in [0, 0.1) is 11.7 Å². The molecule has 0 atom stereocenters. The summed E-state index contributed by atoms with van der Waals surface area (Å²) in [6.45, 7) is 4.12. The Labute approximate surface area is 148 Å². The molecule has 1 heterocycles. The van der Waals surface area contributed by atoms with Crippen LogP contribution in [0.4, 0.5) is 4.39 Å². The molecule has 1 aromatic rings. The third-order valence-electron chi connectivity index (χ3n) is 5.17. The van der Waals surface area contributed by atoms with Crippen molar-refractivity contribution in [3.8, 4) is 0 Å². The molecule has 2 N–H and O–H groups in total. The summed E-state index contributed by atoms with van der Waals surface area (Å²) >= 11 is 0. The molecule has 6 heteroatoms. The lowest BCUT2D eigenvalue weighted by molar-refractivity contribution is -0.124. The van der Waals surface area contributed by atoms with Gasteiger partial charge in [-0.3, -0.25) is 14.5 Å². The summed E-state index contributed by atoms with van der Waals surface area (Å²) in [5.74, 6) is 0.364. The van der Waals surface area contributed by atoms with Gasteiger partial charge in [0.25, 0.3) is 0 Å². The van der Waals surface area contributed by atoms with Gasteiger partial charge in [0.15, 0.2) is 0 Å². The van der Waals surface area contributed by atoms with Crippen LogP contribution in [0.2, 0.25) is 0 Å². The highest BCUT2D eigenvalue weighted by molar-refractivity contribution is 5.78. The fourth-order valence-corrected chi connectivity index (χ4v) is 3.52. The van der Waals surface area contributed by atoms with Gasteiger partial charge < -0.3 is 10.6 Å². The lowest BCUT2D eigenvalue weighted by Crippen LogP contribution is -2.53. The van der Waals surface area contributed by atoms with Crippen LogP contribution in [0.15, 0.2) is 24.3 Å². The Morgan fingerprint density at radius 2 is 1.84 bits per heavy atom. The smallest absolute Gasteiger partial charge is 0.234 e. The zero-order chi connectivity index (χ0) is 17.9. The SMILES string of the molecule is CC(=O)NC1(c2ccc(F)cc2)CCN(CC(=O)NCC2CC2)CC1. The predicted octanol–water partition coefficient (Wildman–Crippen LogP) is 1.78. The van der Waals surface area contributed by atoms with Crippen molar-refractivity contribution in [1.82, 2.24) is 15.5 Å². The Hall–Kier alpha value is -1.95. The fraction of sp³-hybridized carbons (Fsp3) is 0.579. The minimum Gasteiger partial charge on any atom is -0.355 e. The summed E-state index contributed by atoms with van der Waals surface area (Å²) < 4.78 is 13.2. The third-order valence-corrected chi connectivity index (χ3v) is 5.17. The summed E-state index contributed by atoms with van der Waals surface area (Å²) in [6.07, 6.45) is 3.85. The lowest BCUT2D eigenvalue weighted by atomic mass is 9.80. The van der Waals surface area contributed by atoms with Crippen molar-refractivity contribution in [2.24, 2.45) is 5.92 Å². The van der Waals surface area contributed by atoms with Gasteiger partial charge in [0, 0.05) is 26.6 Å². The van der Waals surface area contributed by atoms with Gasteiger partial charge in [-0.2, -0.15) is 0 Å². The van der Waals surface area contributed by atoms with Gasteiger partial charge in [-0.1, -0.05) is 12.1 Å². The molecule has 1 aliphatic heterocycles. The lowest BCUT2D eigenvalue weighted by Gasteiger charge is -2.42. The van der Waals surface area contributed by atoms with E-state index in [9.17, 15) is 14.0 Å². The van der Waals surface area contributed by atoms with Crippen molar-refractivity contribution in [2.75, 3.05) is 26.2 Å². The number of hydrogen-bond acceptors (Lipinski definition) is 3. The van der Waals surface area contributed by atoms with Gasteiger partial charge >= 0.3 is 0 Å². The van der Waals surface area contributed by atoms with Crippen LogP contribution in [-0.2, 0) is 15.1 Å². The minimum atomic E-state index is -0.486. The molecule has 1 aliphatic carbocycles. The molecule has 1 saturated carbocycles. The number of carbonyl (C=O) groups is 2. The number of nitrogens with one attached hydrogen (secondary N) is 2. The Balaban J connectivity index is 1.59. The van der Waals surface area contributed by atoms with Gasteiger partial charge in [-0.05, 0) is 49.3 Å². The second kappa shape index (κ2) is 7.52. The van der Waals surface area contributed by atoms with Crippen LogP contribution < -0.4 is 10.6 Å². The van der Waals surface area contributed by atoms with Crippen LogP contribution in [-0.4, -0.2) is 42.9 Å². The average Bonchev–Trinajstić information content (AvgIpc) is 3.39. The van der Waals surface area contributed by atoms with E-state index in [0.717, 1.165) is 12.1 Å². The summed E-state index contributed by atoms with van der Waals surface area (Å²) in [6, 6.07) is 6.33. The van der Waals surface area contributed by atoms with E-state index in [4.69, 9.17) is 0 Å². The number of piperidine rings is 1. The van der Waals surface area contributed by atoms with Gasteiger partial charge in [-0.25, -0.2) is 4.39 Å². The van der Waals surface area contributed by atoms with E-state index in [2.05, 4.69) is 15.5 Å². The van der Waals surface area contributed by atoms with Crippen LogP contribution in [0.25, 0.3) is 0 Å². The highest BCUT2D eigenvalue weighted by Crippen LogP contribution is 2.33. The molecule has 3 rings (SSSR count). The van der Waals surface area contributed by atoms with Crippen LogP contribution in [0.1, 0.15) is 38.2 Å². The number of benzene rings is 1. The Morgan fingerprint density at radius 3 is 2.40 bits per heavy atom. The molecule has 2 aliphatic rings. The zero-order valence-electron chi connectivity index (χ0n) is 14.7. The number of nitrogens with zero attached hydrogens (tertiary/aromatic N) is 1. The van der Waals surface area contributed by atoms with Crippen molar-refractivity contribution >= 4 is 11.8 Å². The number of hydrogen-bond donors (Lipinski definition) is 2.